The average molecular weight is 471 g/mol. The highest BCUT2D eigenvalue weighted by Crippen LogP contribution is 2.17. The van der Waals surface area contributed by atoms with Gasteiger partial charge in [-0.25, -0.2) is 0 Å². The van der Waals surface area contributed by atoms with E-state index in [0.29, 0.717) is 25.0 Å². The van der Waals surface area contributed by atoms with Crippen molar-refractivity contribution in [3.63, 3.8) is 0 Å². The van der Waals surface area contributed by atoms with Crippen LogP contribution >= 0.6 is 0 Å². The van der Waals surface area contributed by atoms with Crippen molar-refractivity contribution in [3.05, 3.63) is 24.3 Å². The van der Waals surface area contributed by atoms with E-state index in [2.05, 4.69) is 38.2 Å². The van der Waals surface area contributed by atoms with E-state index in [1.165, 1.54) is 25.7 Å². The number of allylic oxidation sites excluding steroid dienone is 4. The largest absolute Gasteiger partial charge is 0.393 e. The Bertz CT molecular complexity index is 408. The Kier molecular flexibility index (Phi) is 23.9. The van der Waals surface area contributed by atoms with Crippen LogP contribution in [0.1, 0.15) is 105 Å². The molecule has 0 saturated heterocycles. The van der Waals surface area contributed by atoms with Crippen molar-refractivity contribution in [1.29, 1.82) is 0 Å². The number of unbranched alkanes of at least 4 members (excludes halogenated alkanes) is 4. The molecule has 5 heteroatoms. The first kappa shape index (κ1) is 32.3. The molecule has 0 aliphatic rings. The first-order chi connectivity index (χ1) is 16.0. The monoisotopic (exact) mass is 470 g/mol. The fourth-order valence-corrected chi connectivity index (χ4v) is 3.54. The van der Waals surface area contributed by atoms with Crippen molar-refractivity contribution >= 4 is 0 Å². The van der Waals surface area contributed by atoms with Gasteiger partial charge in [-0.3, -0.25) is 0 Å². The maximum Gasteiger partial charge on any atom is 0.149 e. The third kappa shape index (κ3) is 24.2. The smallest absolute Gasteiger partial charge is 0.149 e. The molecule has 0 aromatic rings. The number of aliphatic hydroxyl groups is 2. The second kappa shape index (κ2) is 24.4. The first-order valence-corrected chi connectivity index (χ1v) is 13.4. The lowest BCUT2D eigenvalue weighted by Gasteiger charge is -2.15. The van der Waals surface area contributed by atoms with E-state index in [1.807, 2.05) is 13.8 Å². The molecule has 4 atom stereocenters. The van der Waals surface area contributed by atoms with Gasteiger partial charge in [-0.2, -0.15) is 0 Å². The molecule has 0 rings (SSSR count). The summed E-state index contributed by atoms with van der Waals surface area (Å²) in [6.45, 7) is 9.88. The molecule has 0 fully saturated rings. The molecule has 0 radical (unpaired) electrons. The van der Waals surface area contributed by atoms with Gasteiger partial charge >= 0.3 is 0 Å². The first-order valence-electron chi connectivity index (χ1n) is 13.4. The van der Waals surface area contributed by atoms with E-state index in [0.717, 1.165) is 51.4 Å². The summed E-state index contributed by atoms with van der Waals surface area (Å²) >= 11 is 0. The SMILES string of the molecule is CCCCC=CC(CCOCOCOCCC(C=CCCCC)CCC(C)O)CCC(C)O. The lowest BCUT2D eigenvalue weighted by Crippen LogP contribution is -2.11. The number of rotatable bonds is 24. The van der Waals surface area contributed by atoms with E-state index < -0.39 is 0 Å². The zero-order valence-corrected chi connectivity index (χ0v) is 22.1. The van der Waals surface area contributed by atoms with Crippen LogP contribution in [-0.2, 0) is 14.2 Å². The van der Waals surface area contributed by atoms with Gasteiger partial charge in [-0.15, -0.1) is 0 Å². The summed E-state index contributed by atoms with van der Waals surface area (Å²) in [4.78, 5) is 0. The van der Waals surface area contributed by atoms with Crippen molar-refractivity contribution in [2.45, 2.75) is 117 Å². The molecule has 5 nitrogen and oxygen atoms in total. The topological polar surface area (TPSA) is 68.2 Å². The minimum atomic E-state index is -0.253. The summed E-state index contributed by atoms with van der Waals surface area (Å²) in [5, 5.41) is 19.1. The standard InChI is InChI=1S/C28H54O5/c1-5-7-9-11-13-27(17-15-25(3)29)19-21-31-23-33-24-32-22-20-28(18-16-26(4)30)14-12-10-8-6-2/h11-14,25-30H,5-10,15-24H2,1-4H3. The van der Waals surface area contributed by atoms with Crippen LogP contribution in [0, 0.1) is 11.8 Å². The van der Waals surface area contributed by atoms with Crippen molar-refractivity contribution in [3.8, 4) is 0 Å². The maximum atomic E-state index is 9.57. The highest BCUT2D eigenvalue weighted by atomic mass is 16.7. The van der Waals surface area contributed by atoms with Crippen LogP contribution in [0.15, 0.2) is 24.3 Å². The quantitative estimate of drug-likeness (QED) is 0.0924. The minimum absolute atomic E-state index is 0.241. The molecular weight excluding hydrogens is 416 g/mol. The van der Waals surface area contributed by atoms with Crippen LogP contribution in [0.5, 0.6) is 0 Å². The maximum absolute atomic E-state index is 9.57. The Balaban J connectivity index is 3.96. The van der Waals surface area contributed by atoms with Crippen LogP contribution in [-0.4, -0.2) is 49.2 Å². The number of hydrogen-bond donors (Lipinski definition) is 2. The Labute approximate surface area is 204 Å². The van der Waals surface area contributed by atoms with Gasteiger partial charge in [0.15, 0.2) is 0 Å². The van der Waals surface area contributed by atoms with Crippen molar-refractivity contribution in [1.82, 2.24) is 0 Å². The van der Waals surface area contributed by atoms with Gasteiger partial charge in [-0.05, 0) is 77.0 Å². The van der Waals surface area contributed by atoms with Crippen molar-refractivity contribution < 1.29 is 24.4 Å². The molecule has 33 heavy (non-hydrogen) atoms. The number of ether oxygens (including phenoxy) is 3. The molecule has 0 saturated carbocycles. The Hall–Kier alpha value is -0.720. The summed E-state index contributed by atoms with van der Waals surface area (Å²) in [5.41, 5.74) is 0. The molecular formula is C28H54O5. The Morgan fingerprint density at radius 1 is 0.606 bits per heavy atom. The van der Waals surface area contributed by atoms with Gasteiger partial charge in [-0.1, -0.05) is 63.8 Å². The van der Waals surface area contributed by atoms with Gasteiger partial charge in [0.25, 0.3) is 0 Å². The lowest BCUT2D eigenvalue weighted by atomic mass is 9.97. The molecule has 2 N–H and O–H groups in total. The molecule has 0 aliphatic carbocycles. The molecule has 0 aromatic heterocycles. The highest BCUT2D eigenvalue weighted by molar-refractivity contribution is 4.89. The summed E-state index contributed by atoms with van der Waals surface area (Å²) in [7, 11) is 0. The van der Waals surface area contributed by atoms with Crippen molar-refractivity contribution in [2.24, 2.45) is 11.8 Å². The Morgan fingerprint density at radius 2 is 1.03 bits per heavy atom. The Morgan fingerprint density at radius 3 is 1.39 bits per heavy atom. The van der Waals surface area contributed by atoms with E-state index in [4.69, 9.17) is 14.2 Å². The van der Waals surface area contributed by atoms with E-state index in [1.54, 1.807) is 0 Å². The predicted molar refractivity (Wildman–Crippen MR) is 138 cm³/mol. The lowest BCUT2D eigenvalue weighted by molar-refractivity contribution is -0.133. The van der Waals surface area contributed by atoms with Gasteiger partial charge in [0.05, 0.1) is 12.2 Å². The summed E-state index contributed by atoms with van der Waals surface area (Å²) in [5.74, 6) is 0.883. The second-order valence-corrected chi connectivity index (χ2v) is 9.35. The normalized spacial score (nSPS) is 15.9. The third-order valence-electron chi connectivity index (χ3n) is 5.77. The van der Waals surface area contributed by atoms with Crippen LogP contribution < -0.4 is 0 Å². The van der Waals surface area contributed by atoms with Crippen molar-refractivity contribution in [2.75, 3.05) is 26.8 Å². The van der Waals surface area contributed by atoms with Crippen LogP contribution in [0.25, 0.3) is 0 Å². The summed E-state index contributed by atoms with van der Waals surface area (Å²) in [6.07, 6.45) is 21.2. The molecule has 4 unspecified atom stereocenters. The van der Waals surface area contributed by atoms with Crippen LogP contribution in [0.2, 0.25) is 0 Å². The second-order valence-electron chi connectivity index (χ2n) is 9.35. The third-order valence-corrected chi connectivity index (χ3v) is 5.77. The summed E-state index contributed by atoms with van der Waals surface area (Å²) < 4.78 is 16.7. The molecule has 0 aromatic carbocycles. The van der Waals surface area contributed by atoms with E-state index in [-0.39, 0.29) is 25.8 Å². The average Bonchev–Trinajstić information content (AvgIpc) is 2.78. The van der Waals surface area contributed by atoms with E-state index in [9.17, 15) is 10.2 Å². The fraction of sp³-hybridized carbons (Fsp3) is 0.857. The minimum Gasteiger partial charge on any atom is -0.393 e. The van der Waals surface area contributed by atoms with Gasteiger partial charge in [0.1, 0.15) is 13.6 Å². The predicted octanol–water partition coefficient (Wildman–Crippen LogP) is 6.78. The fourth-order valence-electron chi connectivity index (χ4n) is 3.54. The molecule has 0 bridgehead atoms. The van der Waals surface area contributed by atoms with Gasteiger partial charge in [0, 0.05) is 13.2 Å². The van der Waals surface area contributed by atoms with Crippen LogP contribution in [0.3, 0.4) is 0 Å². The molecule has 196 valence electrons. The highest BCUT2D eigenvalue weighted by Gasteiger charge is 2.08. The molecule has 0 amide bonds. The summed E-state index contributed by atoms with van der Waals surface area (Å²) in [6, 6.07) is 0. The molecule has 0 spiro atoms. The number of hydrogen-bond acceptors (Lipinski definition) is 5. The zero-order chi connectivity index (χ0) is 24.6. The van der Waals surface area contributed by atoms with E-state index >= 15 is 0 Å². The molecule has 0 heterocycles. The zero-order valence-electron chi connectivity index (χ0n) is 22.1. The van der Waals surface area contributed by atoms with Crippen LogP contribution in [0.4, 0.5) is 0 Å². The van der Waals surface area contributed by atoms with Gasteiger partial charge in [0.2, 0.25) is 0 Å². The number of aliphatic hydroxyl groups excluding tert-OH is 2. The molecule has 0 aliphatic heterocycles. The van der Waals surface area contributed by atoms with Gasteiger partial charge < -0.3 is 24.4 Å².